The lowest BCUT2D eigenvalue weighted by Crippen LogP contribution is -2.52. The first kappa shape index (κ1) is 33.0. The summed E-state index contributed by atoms with van der Waals surface area (Å²) in [6.45, 7) is 5.97. The molecule has 3 aromatic carbocycles. The number of nitrogens with zero attached hydrogens (tertiary/aromatic N) is 2. The third-order valence-corrected chi connectivity index (χ3v) is 9.51. The Morgan fingerprint density at radius 2 is 1.60 bits per heavy atom. The number of carbonyl (C=O) groups excluding carboxylic acids is 2. The second-order valence-electron chi connectivity index (χ2n) is 9.96. The van der Waals surface area contributed by atoms with Gasteiger partial charge < -0.3 is 15.0 Å². The van der Waals surface area contributed by atoms with Gasteiger partial charge in [0.05, 0.1) is 17.7 Å². The van der Waals surface area contributed by atoms with Crippen LogP contribution in [0.4, 0.5) is 5.69 Å². The molecule has 1 atom stereocenters. The van der Waals surface area contributed by atoms with Crippen LogP contribution in [0.1, 0.15) is 44.2 Å². The van der Waals surface area contributed by atoms with E-state index in [4.69, 9.17) is 4.74 Å². The normalized spacial score (nSPS) is 11.9. The number of anilines is 1. The number of carbonyl (C=O) groups is 2. The summed E-state index contributed by atoms with van der Waals surface area (Å²) < 4.78 is 34.4. The fourth-order valence-corrected chi connectivity index (χ4v) is 6.29. The van der Waals surface area contributed by atoms with Crippen LogP contribution < -0.4 is 14.4 Å². The van der Waals surface area contributed by atoms with Crippen LogP contribution in [0, 0.1) is 6.92 Å². The highest BCUT2D eigenvalue weighted by atomic mass is 32.2. The van der Waals surface area contributed by atoms with Gasteiger partial charge in [0.1, 0.15) is 18.3 Å². The Labute approximate surface area is 254 Å². The molecule has 3 rings (SSSR count). The van der Waals surface area contributed by atoms with E-state index in [1.807, 2.05) is 51.3 Å². The van der Waals surface area contributed by atoms with E-state index in [2.05, 4.69) is 5.32 Å². The van der Waals surface area contributed by atoms with Crippen LogP contribution in [0.3, 0.4) is 0 Å². The van der Waals surface area contributed by atoms with Crippen molar-refractivity contribution in [1.29, 1.82) is 0 Å². The maximum atomic E-state index is 14.1. The second kappa shape index (κ2) is 15.7. The number of aryl methyl sites for hydroxylation is 1. The molecular formula is C32H41N3O5S2. The number of unbranched alkanes of at least 4 members (excludes halogenated alkanes) is 1. The van der Waals surface area contributed by atoms with Gasteiger partial charge in [0, 0.05) is 18.0 Å². The van der Waals surface area contributed by atoms with E-state index in [0.717, 1.165) is 33.2 Å². The first-order chi connectivity index (χ1) is 20.1. The number of thioether (sulfide) groups is 1. The van der Waals surface area contributed by atoms with Crippen LogP contribution in [0.2, 0.25) is 0 Å². The van der Waals surface area contributed by atoms with Gasteiger partial charge in [-0.25, -0.2) is 8.42 Å². The molecule has 0 saturated carbocycles. The summed E-state index contributed by atoms with van der Waals surface area (Å²) in [5.74, 6) is -0.0662. The highest BCUT2D eigenvalue weighted by molar-refractivity contribution is 7.98. The van der Waals surface area contributed by atoms with Crippen molar-refractivity contribution in [2.24, 2.45) is 0 Å². The van der Waals surface area contributed by atoms with Gasteiger partial charge in [0.25, 0.3) is 10.0 Å². The average Bonchev–Trinajstić information content (AvgIpc) is 3.00. The predicted molar refractivity (Wildman–Crippen MR) is 169 cm³/mol. The van der Waals surface area contributed by atoms with Gasteiger partial charge in [0.2, 0.25) is 11.8 Å². The molecule has 42 heavy (non-hydrogen) atoms. The fraction of sp³-hybridized carbons (Fsp3) is 0.375. The molecule has 0 radical (unpaired) electrons. The number of rotatable bonds is 15. The summed E-state index contributed by atoms with van der Waals surface area (Å²) in [5.41, 5.74) is 2.12. The van der Waals surface area contributed by atoms with Gasteiger partial charge in [-0.1, -0.05) is 50.1 Å². The average molecular weight is 612 g/mol. The Morgan fingerprint density at radius 3 is 2.14 bits per heavy atom. The van der Waals surface area contributed by atoms with Crippen molar-refractivity contribution in [3.8, 4) is 5.75 Å². The Kier molecular flexibility index (Phi) is 12.3. The highest BCUT2D eigenvalue weighted by Gasteiger charge is 2.33. The molecule has 0 fully saturated rings. The molecular weight excluding hydrogens is 571 g/mol. The number of benzene rings is 3. The van der Waals surface area contributed by atoms with Crippen LogP contribution >= 0.6 is 11.8 Å². The Balaban J connectivity index is 2.02. The minimum absolute atomic E-state index is 0.0831. The van der Waals surface area contributed by atoms with Crippen molar-refractivity contribution < 1.29 is 22.7 Å². The maximum absolute atomic E-state index is 14.1. The zero-order chi connectivity index (χ0) is 30.7. The van der Waals surface area contributed by atoms with Crippen molar-refractivity contribution in [1.82, 2.24) is 10.2 Å². The summed E-state index contributed by atoms with van der Waals surface area (Å²) in [6, 6.07) is 20.1. The van der Waals surface area contributed by atoms with E-state index in [-0.39, 0.29) is 17.3 Å². The van der Waals surface area contributed by atoms with Crippen molar-refractivity contribution in [3.05, 3.63) is 83.9 Å². The molecule has 3 aromatic rings. The molecule has 0 bridgehead atoms. The lowest BCUT2D eigenvalue weighted by molar-refractivity contribution is -0.140. The van der Waals surface area contributed by atoms with Gasteiger partial charge in [-0.05, 0) is 80.1 Å². The number of hydrogen-bond acceptors (Lipinski definition) is 6. The van der Waals surface area contributed by atoms with Gasteiger partial charge in [0.15, 0.2) is 0 Å². The predicted octanol–water partition coefficient (Wildman–Crippen LogP) is 5.64. The van der Waals surface area contributed by atoms with E-state index < -0.39 is 28.5 Å². The molecule has 0 aliphatic rings. The van der Waals surface area contributed by atoms with Crippen molar-refractivity contribution in [2.45, 2.75) is 62.4 Å². The monoisotopic (exact) mass is 611 g/mol. The zero-order valence-corrected chi connectivity index (χ0v) is 26.6. The lowest BCUT2D eigenvalue weighted by Gasteiger charge is -2.33. The van der Waals surface area contributed by atoms with Crippen molar-refractivity contribution in [3.63, 3.8) is 0 Å². The maximum Gasteiger partial charge on any atom is 0.264 e. The van der Waals surface area contributed by atoms with Gasteiger partial charge in [-0.3, -0.25) is 13.9 Å². The van der Waals surface area contributed by atoms with Gasteiger partial charge in [-0.2, -0.15) is 0 Å². The minimum Gasteiger partial charge on any atom is -0.497 e. The summed E-state index contributed by atoms with van der Waals surface area (Å²) in [7, 11) is -2.54. The summed E-state index contributed by atoms with van der Waals surface area (Å²) in [4.78, 5) is 29.9. The number of sulfonamides is 1. The first-order valence-electron chi connectivity index (χ1n) is 14.1. The number of nitrogens with one attached hydrogen (secondary N) is 1. The number of hydrogen-bond donors (Lipinski definition) is 1. The largest absolute Gasteiger partial charge is 0.497 e. The molecule has 0 spiro atoms. The minimum atomic E-state index is -4.11. The fourth-order valence-electron chi connectivity index (χ4n) is 4.47. The topological polar surface area (TPSA) is 96.0 Å². The molecule has 226 valence electrons. The van der Waals surface area contributed by atoms with Crippen LogP contribution in [-0.2, 0) is 26.2 Å². The van der Waals surface area contributed by atoms with E-state index in [0.29, 0.717) is 24.4 Å². The van der Waals surface area contributed by atoms with Crippen LogP contribution in [0.5, 0.6) is 5.75 Å². The number of amides is 2. The highest BCUT2D eigenvalue weighted by Crippen LogP contribution is 2.27. The summed E-state index contributed by atoms with van der Waals surface area (Å²) >= 11 is 1.51. The molecule has 2 amide bonds. The Bertz CT molecular complexity index is 1410. The van der Waals surface area contributed by atoms with E-state index >= 15 is 0 Å². The Morgan fingerprint density at radius 1 is 0.952 bits per heavy atom. The van der Waals surface area contributed by atoms with Crippen molar-refractivity contribution >= 4 is 39.3 Å². The van der Waals surface area contributed by atoms with Crippen LogP contribution in [0.15, 0.2) is 82.6 Å². The molecule has 10 heteroatoms. The SMILES string of the molecule is CCCCNC(=O)[C@@H](CC)N(Cc1ccc(OC)cc1)C(=O)CN(c1ccc(C)cc1)S(=O)(=O)c1ccc(SC)cc1. The molecule has 0 aromatic heterocycles. The summed E-state index contributed by atoms with van der Waals surface area (Å²) in [5, 5.41) is 2.95. The van der Waals surface area contributed by atoms with Crippen LogP contribution in [0.25, 0.3) is 0 Å². The van der Waals surface area contributed by atoms with Gasteiger partial charge in [-0.15, -0.1) is 11.8 Å². The third kappa shape index (κ3) is 8.51. The smallest absolute Gasteiger partial charge is 0.264 e. The van der Waals surface area contributed by atoms with Gasteiger partial charge >= 0.3 is 0 Å². The number of methoxy groups -OCH3 is 1. The quantitative estimate of drug-likeness (QED) is 0.176. The van der Waals surface area contributed by atoms with E-state index in [9.17, 15) is 18.0 Å². The van der Waals surface area contributed by atoms with E-state index in [1.165, 1.54) is 16.7 Å². The van der Waals surface area contributed by atoms with E-state index in [1.54, 1.807) is 55.6 Å². The molecule has 8 nitrogen and oxygen atoms in total. The molecule has 0 aliphatic heterocycles. The zero-order valence-electron chi connectivity index (χ0n) is 25.0. The van der Waals surface area contributed by atoms with Crippen LogP contribution in [-0.4, -0.2) is 57.6 Å². The Hall–Kier alpha value is -3.50. The number of ether oxygens (including phenoxy) is 1. The molecule has 0 saturated heterocycles. The molecule has 1 N–H and O–H groups in total. The molecule has 0 unspecified atom stereocenters. The molecule has 0 aliphatic carbocycles. The third-order valence-electron chi connectivity index (χ3n) is 6.98. The standard InChI is InChI=1S/C32H41N3O5S2/c1-6-8-21-33-32(37)30(7-2)34(22-25-11-15-27(40-4)16-12-25)31(36)23-35(26-13-9-24(3)10-14-26)42(38,39)29-19-17-28(41-5)18-20-29/h9-20,30H,6-8,21-23H2,1-5H3,(H,33,37)/t30-/m1/s1. The first-order valence-corrected chi connectivity index (χ1v) is 16.7. The summed E-state index contributed by atoms with van der Waals surface area (Å²) in [6.07, 6.45) is 4.03. The second-order valence-corrected chi connectivity index (χ2v) is 12.7. The lowest BCUT2D eigenvalue weighted by atomic mass is 10.1. The van der Waals surface area contributed by atoms with Crippen molar-refractivity contribution in [2.75, 3.05) is 30.8 Å². The molecule has 0 heterocycles.